The van der Waals surface area contributed by atoms with Crippen LogP contribution in [0.5, 0.6) is 0 Å². The van der Waals surface area contributed by atoms with Crippen LogP contribution in [0.15, 0.2) is 35.9 Å². The van der Waals surface area contributed by atoms with Gasteiger partial charge in [-0.3, -0.25) is 10.1 Å². The number of nitrogens with zero attached hydrogens (tertiary/aromatic N) is 1. The van der Waals surface area contributed by atoms with Gasteiger partial charge in [0.2, 0.25) is 5.91 Å². The van der Waals surface area contributed by atoms with Gasteiger partial charge in [0.15, 0.2) is 5.13 Å². The van der Waals surface area contributed by atoms with Gasteiger partial charge in [-0.15, -0.1) is 11.3 Å². The smallest absolute Gasteiger partial charge is 0.250 e. The highest BCUT2D eigenvalue weighted by Crippen LogP contribution is 2.20. The second-order valence-corrected chi connectivity index (χ2v) is 5.13. The Hall–Kier alpha value is -1.36. The van der Waals surface area contributed by atoms with Crippen molar-refractivity contribution in [1.82, 2.24) is 4.98 Å². The maximum atomic E-state index is 11.6. The van der Waals surface area contributed by atoms with E-state index in [0.717, 1.165) is 5.56 Å². The van der Waals surface area contributed by atoms with E-state index in [2.05, 4.69) is 10.3 Å². The lowest BCUT2D eigenvalue weighted by Gasteiger charge is -1.98. The van der Waals surface area contributed by atoms with Crippen molar-refractivity contribution in [3.05, 3.63) is 51.5 Å². The molecule has 2 rings (SSSR count). The number of carbonyl (C=O) groups is 1. The summed E-state index contributed by atoms with van der Waals surface area (Å²) in [5.41, 5.74) is 0.766. The predicted molar refractivity (Wildman–Crippen MR) is 76.2 cm³/mol. The Morgan fingerprint density at radius 1 is 1.28 bits per heavy atom. The van der Waals surface area contributed by atoms with Crippen molar-refractivity contribution < 1.29 is 4.79 Å². The number of nitrogens with one attached hydrogen (secondary N) is 1. The number of hydrogen-bond acceptors (Lipinski definition) is 3. The van der Waals surface area contributed by atoms with Gasteiger partial charge in [0.25, 0.3) is 0 Å². The van der Waals surface area contributed by atoms with Gasteiger partial charge in [-0.1, -0.05) is 23.2 Å². The maximum Gasteiger partial charge on any atom is 0.250 e. The zero-order chi connectivity index (χ0) is 13.0. The van der Waals surface area contributed by atoms with Crippen molar-refractivity contribution in [2.24, 2.45) is 0 Å². The molecule has 6 heteroatoms. The Morgan fingerprint density at radius 2 is 2.00 bits per heavy atom. The topological polar surface area (TPSA) is 42.0 Å². The van der Waals surface area contributed by atoms with E-state index in [9.17, 15) is 4.79 Å². The van der Waals surface area contributed by atoms with Crippen LogP contribution >= 0.6 is 34.5 Å². The highest BCUT2D eigenvalue weighted by Gasteiger charge is 2.00. The van der Waals surface area contributed by atoms with Gasteiger partial charge in [-0.05, 0) is 29.8 Å². The second-order valence-electron chi connectivity index (χ2n) is 3.36. The van der Waals surface area contributed by atoms with Gasteiger partial charge in [0.1, 0.15) is 0 Å². The molecule has 0 atom stereocenters. The van der Waals surface area contributed by atoms with E-state index in [1.807, 2.05) is 0 Å². The number of aromatic nitrogens is 1. The van der Waals surface area contributed by atoms with Crippen LogP contribution in [-0.2, 0) is 4.79 Å². The van der Waals surface area contributed by atoms with Crippen molar-refractivity contribution in [2.45, 2.75) is 0 Å². The first-order valence-electron chi connectivity index (χ1n) is 4.98. The van der Waals surface area contributed by atoms with Crippen LogP contribution in [0.2, 0.25) is 10.0 Å². The molecule has 18 heavy (non-hydrogen) atoms. The zero-order valence-corrected chi connectivity index (χ0v) is 11.4. The van der Waals surface area contributed by atoms with E-state index in [-0.39, 0.29) is 5.91 Å². The first-order chi connectivity index (χ1) is 8.63. The third kappa shape index (κ3) is 3.84. The molecule has 3 nitrogen and oxygen atoms in total. The molecule has 0 saturated heterocycles. The molecule has 0 saturated carbocycles. The van der Waals surface area contributed by atoms with Crippen molar-refractivity contribution >= 4 is 51.7 Å². The quantitative estimate of drug-likeness (QED) is 0.867. The van der Waals surface area contributed by atoms with E-state index in [1.165, 1.54) is 17.4 Å². The molecule has 1 amide bonds. The van der Waals surface area contributed by atoms with Crippen LogP contribution in [-0.4, -0.2) is 10.9 Å². The number of amides is 1. The molecule has 0 aliphatic heterocycles. The molecule has 92 valence electrons. The third-order valence-corrected chi connectivity index (χ3v) is 3.10. The van der Waals surface area contributed by atoms with Crippen molar-refractivity contribution in [2.75, 3.05) is 5.32 Å². The molecule has 0 radical (unpaired) electrons. The van der Waals surface area contributed by atoms with Crippen molar-refractivity contribution in [1.29, 1.82) is 0 Å². The SMILES string of the molecule is O=C(/C=C/c1cc(Cl)cc(Cl)c1)Nc1nccs1. The Morgan fingerprint density at radius 3 is 2.61 bits per heavy atom. The summed E-state index contributed by atoms with van der Waals surface area (Å²) in [5.74, 6) is -0.249. The van der Waals surface area contributed by atoms with Crippen LogP contribution in [0.4, 0.5) is 5.13 Å². The summed E-state index contributed by atoms with van der Waals surface area (Å²) >= 11 is 13.1. The fourth-order valence-electron chi connectivity index (χ4n) is 1.28. The molecule has 1 heterocycles. The maximum absolute atomic E-state index is 11.6. The summed E-state index contributed by atoms with van der Waals surface area (Å²) in [4.78, 5) is 15.5. The Bertz CT molecular complexity index is 562. The molecule has 1 aromatic carbocycles. The molecule has 0 unspecified atom stereocenters. The van der Waals surface area contributed by atoms with Gasteiger partial charge in [-0.25, -0.2) is 4.98 Å². The minimum Gasteiger partial charge on any atom is -0.298 e. The Balaban J connectivity index is 2.04. The van der Waals surface area contributed by atoms with Crippen molar-refractivity contribution in [3.8, 4) is 0 Å². The number of carbonyl (C=O) groups excluding carboxylic acids is 1. The summed E-state index contributed by atoms with van der Waals surface area (Å²) in [6.07, 6.45) is 4.67. The molecule has 0 bridgehead atoms. The molecule has 0 aliphatic carbocycles. The van der Waals surface area contributed by atoms with Crippen LogP contribution < -0.4 is 5.32 Å². The van der Waals surface area contributed by atoms with Crippen LogP contribution in [0, 0.1) is 0 Å². The summed E-state index contributed by atoms with van der Waals surface area (Å²) in [6, 6.07) is 5.08. The average Bonchev–Trinajstić information content (AvgIpc) is 2.78. The summed E-state index contributed by atoms with van der Waals surface area (Å²) < 4.78 is 0. The third-order valence-electron chi connectivity index (χ3n) is 1.97. The number of benzene rings is 1. The molecule has 1 N–H and O–H groups in total. The van der Waals surface area contributed by atoms with Gasteiger partial charge >= 0.3 is 0 Å². The average molecular weight is 299 g/mol. The van der Waals surface area contributed by atoms with Gasteiger partial charge in [0, 0.05) is 27.7 Å². The largest absolute Gasteiger partial charge is 0.298 e. The van der Waals surface area contributed by atoms with Crippen LogP contribution in [0.1, 0.15) is 5.56 Å². The van der Waals surface area contributed by atoms with Crippen LogP contribution in [0.25, 0.3) is 6.08 Å². The first kappa shape index (κ1) is 13.1. The predicted octanol–water partition coefficient (Wildman–Crippen LogP) is 4.10. The first-order valence-corrected chi connectivity index (χ1v) is 6.62. The van der Waals surface area contributed by atoms with E-state index in [4.69, 9.17) is 23.2 Å². The molecule has 1 aromatic heterocycles. The normalized spacial score (nSPS) is 10.8. The Kier molecular flexibility index (Phi) is 4.36. The molecule has 0 fully saturated rings. The minimum atomic E-state index is -0.249. The standard InChI is InChI=1S/C12H8Cl2N2OS/c13-9-5-8(6-10(14)7-9)1-2-11(17)16-12-15-3-4-18-12/h1-7H,(H,15,16,17)/b2-1+. The molecule has 2 aromatic rings. The summed E-state index contributed by atoms with van der Waals surface area (Å²) in [7, 11) is 0. The lowest BCUT2D eigenvalue weighted by Crippen LogP contribution is -2.06. The van der Waals surface area contributed by atoms with E-state index >= 15 is 0 Å². The fourth-order valence-corrected chi connectivity index (χ4v) is 2.35. The zero-order valence-electron chi connectivity index (χ0n) is 9.06. The van der Waals surface area contributed by atoms with E-state index in [1.54, 1.807) is 35.9 Å². The highest BCUT2D eigenvalue weighted by atomic mass is 35.5. The van der Waals surface area contributed by atoms with Crippen molar-refractivity contribution in [3.63, 3.8) is 0 Å². The Labute approximate surface area is 118 Å². The molecule has 0 aliphatic rings. The second kappa shape index (κ2) is 6.00. The van der Waals surface area contributed by atoms with Crippen LogP contribution in [0.3, 0.4) is 0 Å². The fraction of sp³-hybridized carbons (Fsp3) is 0. The number of thiazole rings is 1. The summed E-state index contributed by atoms with van der Waals surface area (Å²) in [6.45, 7) is 0. The number of halogens is 2. The monoisotopic (exact) mass is 298 g/mol. The number of hydrogen-bond donors (Lipinski definition) is 1. The molecular formula is C12H8Cl2N2OS. The molecular weight excluding hydrogens is 291 g/mol. The number of anilines is 1. The minimum absolute atomic E-state index is 0.249. The lowest BCUT2D eigenvalue weighted by atomic mass is 10.2. The molecule has 0 spiro atoms. The van der Waals surface area contributed by atoms with E-state index in [0.29, 0.717) is 15.2 Å². The van der Waals surface area contributed by atoms with Gasteiger partial charge in [-0.2, -0.15) is 0 Å². The highest BCUT2D eigenvalue weighted by molar-refractivity contribution is 7.13. The lowest BCUT2D eigenvalue weighted by molar-refractivity contribution is -0.111. The van der Waals surface area contributed by atoms with Gasteiger partial charge in [0.05, 0.1) is 0 Å². The van der Waals surface area contributed by atoms with E-state index < -0.39 is 0 Å². The van der Waals surface area contributed by atoms with Gasteiger partial charge < -0.3 is 0 Å². The summed E-state index contributed by atoms with van der Waals surface area (Å²) in [5, 5.41) is 6.05. The number of rotatable bonds is 3.